The monoisotopic (exact) mass is 547 g/mol. The number of amides is 2. The zero-order valence-electron chi connectivity index (χ0n) is 22.9. The lowest BCUT2D eigenvalue weighted by atomic mass is 9.99. The molecular formula is C29H42ClN3O5. The number of rotatable bonds is 14. The molecule has 0 saturated heterocycles. The minimum atomic E-state index is -0.972. The molecule has 2 aromatic carbocycles. The van der Waals surface area contributed by atoms with Gasteiger partial charge in [0.05, 0.1) is 12.7 Å². The number of esters is 1. The van der Waals surface area contributed by atoms with Crippen molar-refractivity contribution in [1.82, 2.24) is 10.6 Å². The van der Waals surface area contributed by atoms with E-state index in [4.69, 9.17) is 15.2 Å². The highest BCUT2D eigenvalue weighted by atomic mass is 35.5. The van der Waals surface area contributed by atoms with Gasteiger partial charge in [0, 0.05) is 0 Å². The smallest absolute Gasteiger partial charge is 0.328 e. The van der Waals surface area contributed by atoms with Crippen LogP contribution in [0.3, 0.4) is 0 Å². The fourth-order valence-electron chi connectivity index (χ4n) is 3.68. The van der Waals surface area contributed by atoms with E-state index in [9.17, 15) is 14.4 Å². The molecule has 38 heavy (non-hydrogen) atoms. The van der Waals surface area contributed by atoms with E-state index in [1.54, 1.807) is 6.92 Å². The molecule has 2 amide bonds. The molecule has 2 aromatic rings. The summed E-state index contributed by atoms with van der Waals surface area (Å²) in [5.74, 6) is -1.58. The van der Waals surface area contributed by atoms with Gasteiger partial charge in [-0.2, -0.15) is 0 Å². The van der Waals surface area contributed by atoms with Gasteiger partial charge in [-0.25, -0.2) is 4.79 Å². The topological polar surface area (TPSA) is 120 Å². The van der Waals surface area contributed by atoms with Crippen LogP contribution in [0.25, 0.3) is 0 Å². The molecule has 9 heteroatoms. The molecule has 210 valence electrons. The van der Waals surface area contributed by atoms with E-state index in [1.165, 1.54) is 0 Å². The third-order valence-electron chi connectivity index (χ3n) is 5.94. The van der Waals surface area contributed by atoms with Crippen molar-refractivity contribution < 1.29 is 23.9 Å². The Balaban J connectivity index is 0.00000722. The normalized spacial score (nSPS) is 14.1. The number of nitrogens with two attached hydrogens (primary N) is 1. The predicted octanol–water partition coefficient (Wildman–Crippen LogP) is 3.76. The number of ether oxygens (including phenoxy) is 2. The minimum Gasteiger partial charge on any atom is -0.459 e. The van der Waals surface area contributed by atoms with Gasteiger partial charge >= 0.3 is 5.97 Å². The third kappa shape index (κ3) is 11.2. The summed E-state index contributed by atoms with van der Waals surface area (Å²) in [6, 6.07) is 16.2. The van der Waals surface area contributed by atoms with Gasteiger partial charge in [-0.15, -0.1) is 12.4 Å². The molecule has 0 saturated carbocycles. The molecule has 2 rings (SSSR count). The van der Waals surface area contributed by atoms with E-state index < -0.39 is 42.0 Å². The molecule has 0 bridgehead atoms. The predicted molar refractivity (Wildman–Crippen MR) is 150 cm³/mol. The largest absolute Gasteiger partial charge is 0.459 e. The van der Waals surface area contributed by atoms with Gasteiger partial charge in [0.2, 0.25) is 11.8 Å². The quantitative estimate of drug-likeness (QED) is 0.310. The van der Waals surface area contributed by atoms with Gasteiger partial charge in [-0.05, 0) is 36.3 Å². The van der Waals surface area contributed by atoms with E-state index in [-0.39, 0.29) is 30.8 Å². The second-order valence-corrected chi connectivity index (χ2v) is 10.0. The van der Waals surface area contributed by atoms with E-state index >= 15 is 0 Å². The van der Waals surface area contributed by atoms with Crippen LogP contribution in [-0.4, -0.2) is 42.0 Å². The van der Waals surface area contributed by atoms with Gasteiger partial charge in [0.25, 0.3) is 0 Å². The van der Waals surface area contributed by atoms with Crippen LogP contribution in [0.5, 0.6) is 0 Å². The molecule has 4 atom stereocenters. The maximum absolute atomic E-state index is 13.2. The number of hydrogen-bond donors (Lipinski definition) is 3. The fourth-order valence-corrected chi connectivity index (χ4v) is 3.68. The van der Waals surface area contributed by atoms with Crippen LogP contribution in [0.2, 0.25) is 0 Å². The first kappa shape index (κ1) is 33.1. The van der Waals surface area contributed by atoms with Crippen LogP contribution in [0, 0.1) is 11.8 Å². The summed E-state index contributed by atoms with van der Waals surface area (Å²) in [7, 11) is 0. The Morgan fingerprint density at radius 2 is 1.32 bits per heavy atom. The van der Waals surface area contributed by atoms with Gasteiger partial charge in [0.15, 0.2) is 0 Å². The lowest BCUT2D eigenvalue weighted by molar-refractivity contribution is -0.150. The van der Waals surface area contributed by atoms with E-state index in [0.29, 0.717) is 13.0 Å². The molecular weight excluding hydrogens is 506 g/mol. The molecule has 0 aliphatic carbocycles. The maximum atomic E-state index is 13.2. The molecule has 0 radical (unpaired) electrons. The summed E-state index contributed by atoms with van der Waals surface area (Å²) in [6.45, 7) is 9.71. The van der Waals surface area contributed by atoms with Crippen molar-refractivity contribution >= 4 is 30.2 Å². The zero-order chi connectivity index (χ0) is 27.4. The molecule has 4 unspecified atom stereocenters. The first-order valence-electron chi connectivity index (χ1n) is 12.8. The Hall–Kier alpha value is -2.94. The summed E-state index contributed by atoms with van der Waals surface area (Å²) in [4.78, 5) is 38.9. The average Bonchev–Trinajstić information content (AvgIpc) is 2.88. The van der Waals surface area contributed by atoms with Crippen molar-refractivity contribution in [1.29, 1.82) is 0 Å². The molecule has 0 aliphatic rings. The van der Waals surface area contributed by atoms with E-state index in [0.717, 1.165) is 11.1 Å². The molecule has 0 aliphatic heterocycles. The second kappa shape index (κ2) is 16.8. The van der Waals surface area contributed by atoms with Crippen LogP contribution in [0.4, 0.5) is 0 Å². The molecule has 4 N–H and O–H groups in total. The van der Waals surface area contributed by atoms with Gasteiger partial charge in [-0.3, -0.25) is 9.59 Å². The van der Waals surface area contributed by atoms with Crippen LogP contribution in [-0.2, 0) is 37.1 Å². The standard InChI is InChI=1S/C29H41N3O5.ClH/c1-19(2)16-24(29(35)37-18-23-14-10-7-11-15-23)31-28(34)26(20(3)4)32-27(33)25(30)21(5)36-17-22-12-8-6-9-13-22;/h6-15,19-21,24-26H,16-18,30H2,1-5H3,(H,31,34)(H,32,33);1H. The zero-order valence-corrected chi connectivity index (χ0v) is 23.7. The van der Waals surface area contributed by atoms with Crippen molar-refractivity contribution in [2.45, 2.75) is 78.5 Å². The summed E-state index contributed by atoms with van der Waals surface area (Å²) in [5.41, 5.74) is 7.97. The van der Waals surface area contributed by atoms with Crippen LogP contribution in [0.1, 0.15) is 52.2 Å². The van der Waals surface area contributed by atoms with Crippen molar-refractivity contribution in [3.05, 3.63) is 71.8 Å². The van der Waals surface area contributed by atoms with Crippen molar-refractivity contribution in [2.75, 3.05) is 0 Å². The number of carbonyl (C=O) groups is 3. The molecule has 8 nitrogen and oxygen atoms in total. The SMILES string of the molecule is CC(C)CC(NC(=O)C(NC(=O)C(N)C(C)OCc1ccccc1)C(C)C)C(=O)OCc1ccccc1.Cl. The van der Waals surface area contributed by atoms with Crippen molar-refractivity contribution in [2.24, 2.45) is 17.6 Å². The lowest BCUT2D eigenvalue weighted by Gasteiger charge is -2.27. The minimum absolute atomic E-state index is 0. The van der Waals surface area contributed by atoms with Gasteiger partial charge < -0.3 is 25.8 Å². The van der Waals surface area contributed by atoms with Gasteiger partial charge in [0.1, 0.15) is 24.7 Å². The Labute approximate surface area is 232 Å². The summed E-state index contributed by atoms with van der Waals surface area (Å²) in [5, 5.41) is 5.53. The first-order valence-corrected chi connectivity index (χ1v) is 12.8. The first-order chi connectivity index (χ1) is 17.6. The van der Waals surface area contributed by atoms with E-state index in [2.05, 4.69) is 10.6 Å². The Morgan fingerprint density at radius 1 is 0.789 bits per heavy atom. The summed E-state index contributed by atoms with van der Waals surface area (Å²) >= 11 is 0. The number of benzene rings is 2. The van der Waals surface area contributed by atoms with Gasteiger partial charge in [-0.1, -0.05) is 88.4 Å². The number of carbonyl (C=O) groups excluding carboxylic acids is 3. The summed E-state index contributed by atoms with van der Waals surface area (Å²) < 4.78 is 11.2. The van der Waals surface area contributed by atoms with Crippen LogP contribution in [0.15, 0.2) is 60.7 Å². The highest BCUT2D eigenvalue weighted by Gasteiger charge is 2.32. The molecule has 0 spiro atoms. The maximum Gasteiger partial charge on any atom is 0.328 e. The lowest BCUT2D eigenvalue weighted by Crippen LogP contribution is -2.58. The van der Waals surface area contributed by atoms with Crippen LogP contribution < -0.4 is 16.4 Å². The highest BCUT2D eigenvalue weighted by molar-refractivity contribution is 5.92. The highest BCUT2D eigenvalue weighted by Crippen LogP contribution is 2.12. The number of halogens is 1. The summed E-state index contributed by atoms with van der Waals surface area (Å²) in [6.07, 6.45) is -0.167. The third-order valence-corrected chi connectivity index (χ3v) is 5.94. The number of nitrogens with one attached hydrogen (secondary N) is 2. The molecule has 0 fully saturated rings. The average molecular weight is 548 g/mol. The van der Waals surface area contributed by atoms with E-state index in [1.807, 2.05) is 88.4 Å². The van der Waals surface area contributed by atoms with Crippen LogP contribution >= 0.6 is 12.4 Å². The Morgan fingerprint density at radius 3 is 1.82 bits per heavy atom. The second-order valence-electron chi connectivity index (χ2n) is 10.0. The number of hydrogen-bond acceptors (Lipinski definition) is 6. The van der Waals surface area contributed by atoms with Crippen molar-refractivity contribution in [3.8, 4) is 0 Å². The fraction of sp³-hybridized carbons (Fsp3) is 0.483. The van der Waals surface area contributed by atoms with Crippen molar-refractivity contribution in [3.63, 3.8) is 0 Å². The molecule has 0 heterocycles. The Bertz CT molecular complexity index is 988. The Kier molecular flexibility index (Phi) is 14.6. The molecule has 0 aromatic heterocycles.